The lowest BCUT2D eigenvalue weighted by Crippen LogP contribution is -2.36. The van der Waals surface area contributed by atoms with Crippen molar-refractivity contribution in [2.45, 2.75) is 10.3 Å². The number of aliphatic hydroxyl groups excluding tert-OH is 1. The molecular weight excluding hydrogens is 336 g/mol. The van der Waals surface area contributed by atoms with Gasteiger partial charge in [-0.2, -0.15) is 0 Å². The molecule has 12 heteroatoms. The molecule has 0 radical (unpaired) electrons. The molecule has 0 spiro atoms. The molecule has 0 fully saturated rings. The van der Waals surface area contributed by atoms with E-state index in [4.69, 9.17) is 11.6 Å². The van der Waals surface area contributed by atoms with Crippen LogP contribution in [0.4, 0.5) is 5.69 Å². The number of thiophene rings is 1. The third kappa shape index (κ3) is 3.86. The van der Waals surface area contributed by atoms with Crippen LogP contribution in [0.5, 0.6) is 0 Å². The minimum Gasteiger partial charge on any atom is -0.467 e. The van der Waals surface area contributed by atoms with Crippen molar-refractivity contribution in [3.63, 3.8) is 0 Å². The van der Waals surface area contributed by atoms with E-state index in [0.29, 0.717) is 11.3 Å². The van der Waals surface area contributed by atoms with Crippen LogP contribution in [-0.2, 0) is 19.6 Å². The van der Waals surface area contributed by atoms with Gasteiger partial charge >= 0.3 is 5.97 Å². The van der Waals surface area contributed by atoms with Gasteiger partial charge in [0.05, 0.1) is 12.0 Å². The Morgan fingerprint density at radius 3 is 2.75 bits per heavy atom. The van der Waals surface area contributed by atoms with Crippen LogP contribution in [0.25, 0.3) is 0 Å². The zero-order chi connectivity index (χ0) is 15.5. The molecule has 0 saturated carbocycles. The lowest BCUT2D eigenvalue weighted by Gasteiger charge is -2.08. The summed E-state index contributed by atoms with van der Waals surface area (Å²) in [4.78, 5) is 20.6. The second-order valence-electron chi connectivity index (χ2n) is 3.37. The Hall–Kier alpha value is -1.27. The highest BCUT2D eigenvalue weighted by molar-refractivity contribution is 7.91. The maximum Gasteiger partial charge on any atom is 0.336 e. The number of methoxy groups -OCH3 is 1. The Morgan fingerprint density at radius 1 is 1.70 bits per heavy atom. The van der Waals surface area contributed by atoms with Gasteiger partial charge in [-0.25, -0.2) is 17.9 Å². The summed E-state index contributed by atoms with van der Waals surface area (Å²) in [6.45, 7) is -0.627. The summed E-state index contributed by atoms with van der Waals surface area (Å²) in [5.74, 6) is -1.01. The number of sulfonamides is 1. The van der Waals surface area contributed by atoms with Crippen LogP contribution in [0.3, 0.4) is 0 Å². The summed E-state index contributed by atoms with van der Waals surface area (Å²) in [6.07, 6.45) is -1.68. The quantitative estimate of drug-likeness (QED) is 0.425. The van der Waals surface area contributed by atoms with Crippen LogP contribution in [-0.4, -0.2) is 44.2 Å². The van der Waals surface area contributed by atoms with Crippen molar-refractivity contribution < 1.29 is 28.0 Å². The Kier molecular flexibility index (Phi) is 5.42. The van der Waals surface area contributed by atoms with Crippen LogP contribution in [0.1, 0.15) is 0 Å². The number of hydrogen-bond donors (Lipinski definition) is 2. The van der Waals surface area contributed by atoms with E-state index in [1.807, 2.05) is 4.72 Å². The number of ether oxygens (including phenoxy) is 1. The second-order valence-corrected chi connectivity index (χ2v) is 7.02. The summed E-state index contributed by atoms with van der Waals surface area (Å²) in [5.41, 5.74) is -0.537. The number of carbonyl (C=O) groups is 1. The van der Waals surface area contributed by atoms with Crippen molar-refractivity contribution in [1.82, 2.24) is 4.72 Å². The van der Waals surface area contributed by atoms with Crippen molar-refractivity contribution in [3.8, 4) is 0 Å². The predicted molar refractivity (Wildman–Crippen MR) is 69.2 cm³/mol. The third-order valence-corrected chi connectivity index (χ3v) is 5.28. The van der Waals surface area contributed by atoms with Gasteiger partial charge in [0.15, 0.2) is 10.4 Å². The van der Waals surface area contributed by atoms with Crippen LogP contribution < -0.4 is 4.72 Å². The predicted octanol–water partition coefficient (Wildman–Crippen LogP) is 0.122. The molecule has 0 aliphatic rings. The van der Waals surface area contributed by atoms with E-state index in [1.54, 1.807) is 0 Å². The van der Waals surface area contributed by atoms with Crippen LogP contribution in [0, 0.1) is 10.1 Å². The fourth-order valence-corrected chi connectivity index (χ4v) is 3.82. The number of nitrogens with one attached hydrogen (secondary N) is 1. The Morgan fingerprint density at radius 2 is 2.30 bits per heavy atom. The lowest BCUT2D eigenvalue weighted by atomic mass is 10.4. The number of carbonyl (C=O) groups excluding carboxylic acids is 1. The van der Waals surface area contributed by atoms with Crippen LogP contribution in [0.15, 0.2) is 10.3 Å². The SMILES string of the molecule is COC(=O)C(O)CNS(=O)(=O)c1cc([N+](=O)[O-])c(Cl)s1. The van der Waals surface area contributed by atoms with Crippen LogP contribution >= 0.6 is 22.9 Å². The minimum atomic E-state index is -4.12. The average Bonchev–Trinajstić information content (AvgIpc) is 2.78. The number of nitro groups is 1. The zero-order valence-corrected chi connectivity index (χ0v) is 12.3. The smallest absolute Gasteiger partial charge is 0.336 e. The summed E-state index contributed by atoms with van der Waals surface area (Å²) in [6, 6.07) is 0.792. The molecule has 1 heterocycles. The molecule has 1 aromatic rings. The first-order valence-corrected chi connectivity index (χ1v) is 7.56. The Balaban J connectivity index is 2.87. The molecule has 112 valence electrons. The Bertz CT molecular complexity index is 627. The number of nitrogens with zero attached hydrogens (tertiary/aromatic N) is 1. The first kappa shape index (κ1) is 16.8. The highest BCUT2D eigenvalue weighted by Gasteiger charge is 2.26. The van der Waals surface area contributed by atoms with Gasteiger partial charge in [-0.3, -0.25) is 10.1 Å². The molecule has 1 unspecified atom stereocenters. The van der Waals surface area contributed by atoms with E-state index < -0.39 is 43.5 Å². The first-order valence-electron chi connectivity index (χ1n) is 4.88. The molecule has 0 aromatic carbocycles. The molecular formula is C8H9ClN2O7S2. The molecule has 1 atom stereocenters. The fourth-order valence-electron chi connectivity index (χ4n) is 1.07. The number of aliphatic hydroxyl groups is 1. The van der Waals surface area contributed by atoms with Gasteiger partial charge in [0.25, 0.3) is 5.69 Å². The summed E-state index contributed by atoms with van der Waals surface area (Å²) in [5, 5.41) is 19.8. The summed E-state index contributed by atoms with van der Waals surface area (Å²) in [7, 11) is -3.09. The molecule has 0 aliphatic heterocycles. The molecule has 1 aromatic heterocycles. The van der Waals surface area contributed by atoms with Crippen molar-refractivity contribution in [3.05, 3.63) is 20.5 Å². The molecule has 2 N–H and O–H groups in total. The highest BCUT2D eigenvalue weighted by Crippen LogP contribution is 2.35. The largest absolute Gasteiger partial charge is 0.467 e. The van der Waals surface area contributed by atoms with Gasteiger partial charge < -0.3 is 9.84 Å². The van der Waals surface area contributed by atoms with Crippen molar-refractivity contribution >= 4 is 44.6 Å². The van der Waals surface area contributed by atoms with E-state index in [9.17, 15) is 28.4 Å². The average molecular weight is 345 g/mol. The third-order valence-electron chi connectivity index (χ3n) is 2.05. The molecule has 0 amide bonds. The van der Waals surface area contributed by atoms with Crippen molar-refractivity contribution in [2.75, 3.05) is 13.7 Å². The van der Waals surface area contributed by atoms with Gasteiger partial charge in [-0.1, -0.05) is 11.6 Å². The van der Waals surface area contributed by atoms with E-state index in [0.717, 1.165) is 13.2 Å². The fraction of sp³-hybridized carbons (Fsp3) is 0.375. The molecule has 9 nitrogen and oxygen atoms in total. The molecule has 0 aliphatic carbocycles. The van der Waals surface area contributed by atoms with Crippen molar-refractivity contribution in [2.24, 2.45) is 0 Å². The van der Waals surface area contributed by atoms with Crippen LogP contribution in [0.2, 0.25) is 4.34 Å². The van der Waals surface area contributed by atoms with E-state index >= 15 is 0 Å². The zero-order valence-electron chi connectivity index (χ0n) is 9.90. The number of hydrogen-bond acceptors (Lipinski definition) is 8. The lowest BCUT2D eigenvalue weighted by molar-refractivity contribution is -0.384. The molecule has 0 bridgehead atoms. The molecule has 20 heavy (non-hydrogen) atoms. The number of rotatable bonds is 6. The summed E-state index contributed by atoms with van der Waals surface area (Å²) >= 11 is 6.03. The van der Waals surface area contributed by atoms with Gasteiger partial charge in [0.1, 0.15) is 4.21 Å². The minimum absolute atomic E-state index is 0.288. The Labute approximate surface area is 122 Å². The van der Waals surface area contributed by atoms with Gasteiger partial charge in [-0.05, 0) is 0 Å². The standard InChI is InChI=1S/C8H9ClN2O7S2/c1-18-8(13)5(12)3-10-20(16,17)6-2-4(11(14)15)7(9)19-6/h2,5,10,12H,3H2,1H3. The van der Waals surface area contributed by atoms with Gasteiger partial charge in [-0.15, -0.1) is 11.3 Å². The number of esters is 1. The topological polar surface area (TPSA) is 136 Å². The summed E-state index contributed by atoms with van der Waals surface area (Å²) < 4.78 is 29.0. The van der Waals surface area contributed by atoms with Crippen molar-refractivity contribution in [1.29, 1.82) is 0 Å². The second kappa shape index (κ2) is 6.45. The van der Waals surface area contributed by atoms with E-state index in [-0.39, 0.29) is 4.34 Å². The first-order chi connectivity index (χ1) is 9.19. The normalized spacial score (nSPS) is 12.9. The van der Waals surface area contributed by atoms with Gasteiger partial charge in [0.2, 0.25) is 10.0 Å². The molecule has 0 saturated heterocycles. The maximum absolute atomic E-state index is 11.8. The van der Waals surface area contributed by atoms with E-state index in [2.05, 4.69) is 4.74 Å². The number of halogens is 1. The van der Waals surface area contributed by atoms with Gasteiger partial charge in [0, 0.05) is 12.6 Å². The highest BCUT2D eigenvalue weighted by atomic mass is 35.5. The molecule has 1 rings (SSSR count). The maximum atomic E-state index is 11.8. The monoisotopic (exact) mass is 344 g/mol. The van der Waals surface area contributed by atoms with E-state index in [1.165, 1.54) is 0 Å².